The molecule has 2 heteroatoms. The smallest absolute Gasteiger partial charge is 0.133 e. The topological polar surface area (TPSA) is 24.4 Å². The summed E-state index contributed by atoms with van der Waals surface area (Å²) in [4.78, 5) is 4.59. The van der Waals surface area contributed by atoms with E-state index in [-0.39, 0.29) is 0 Å². The van der Waals surface area contributed by atoms with Crippen molar-refractivity contribution >= 4 is 11.5 Å². The van der Waals surface area contributed by atoms with Gasteiger partial charge in [-0.25, -0.2) is 0 Å². The van der Waals surface area contributed by atoms with Gasteiger partial charge in [0.1, 0.15) is 5.84 Å². The average Bonchev–Trinajstić information content (AvgIpc) is 2.39. The molecule has 1 N–H and O–H groups in total. The molecule has 0 aliphatic carbocycles. The molecule has 0 fully saturated rings. The van der Waals surface area contributed by atoms with Gasteiger partial charge in [0.15, 0.2) is 0 Å². The monoisotopic (exact) mass is 222 g/mol. The maximum atomic E-state index is 4.59. The van der Waals surface area contributed by atoms with E-state index in [2.05, 4.69) is 47.6 Å². The summed E-state index contributed by atoms with van der Waals surface area (Å²) in [5, 5.41) is 3.39. The van der Waals surface area contributed by atoms with Crippen LogP contribution in [0.1, 0.15) is 16.7 Å². The number of nitrogens with one attached hydrogen (secondary N) is 1. The predicted octanol–water partition coefficient (Wildman–Crippen LogP) is 3.37. The molecule has 0 amide bonds. The highest BCUT2D eigenvalue weighted by molar-refractivity contribution is 6.09. The van der Waals surface area contributed by atoms with Crippen molar-refractivity contribution in [3.05, 3.63) is 65.2 Å². The molecular formula is C15H14N2. The average molecular weight is 222 g/mol. The van der Waals surface area contributed by atoms with E-state index >= 15 is 0 Å². The van der Waals surface area contributed by atoms with Crippen molar-refractivity contribution in [3.8, 4) is 0 Å². The number of hydrogen-bond acceptors (Lipinski definition) is 2. The molecule has 17 heavy (non-hydrogen) atoms. The minimum Gasteiger partial charge on any atom is -0.340 e. The van der Waals surface area contributed by atoms with E-state index in [1.54, 1.807) is 0 Å². The van der Waals surface area contributed by atoms with Crippen LogP contribution in [0.2, 0.25) is 0 Å². The lowest BCUT2D eigenvalue weighted by Crippen LogP contribution is -2.18. The Morgan fingerprint density at radius 1 is 1.06 bits per heavy atom. The highest BCUT2D eigenvalue weighted by atomic mass is 15.0. The molecule has 2 nitrogen and oxygen atoms in total. The van der Waals surface area contributed by atoms with Gasteiger partial charge in [0.05, 0.1) is 6.54 Å². The molecule has 1 heterocycles. The van der Waals surface area contributed by atoms with E-state index < -0.39 is 0 Å². The standard InChI is InChI=1S/C15H14N2/c1-11-7-8-14-13(9-11)10-16-15(17-14)12-5-3-2-4-6-12/h2-9H,10H2,1H3,(H,16,17). The quantitative estimate of drug-likeness (QED) is 0.786. The Bertz CT molecular complexity index is 571. The van der Waals surface area contributed by atoms with Crippen LogP contribution in [0, 0.1) is 6.92 Å². The highest BCUT2D eigenvalue weighted by Gasteiger charge is 2.12. The zero-order valence-electron chi connectivity index (χ0n) is 9.77. The van der Waals surface area contributed by atoms with Gasteiger partial charge in [0.25, 0.3) is 0 Å². The Kier molecular flexibility index (Phi) is 2.41. The van der Waals surface area contributed by atoms with Crippen LogP contribution in [-0.4, -0.2) is 5.84 Å². The lowest BCUT2D eigenvalue weighted by molar-refractivity contribution is 1.04. The van der Waals surface area contributed by atoms with Crippen LogP contribution in [0.4, 0.5) is 5.69 Å². The first-order valence-corrected chi connectivity index (χ1v) is 5.79. The lowest BCUT2D eigenvalue weighted by atomic mass is 10.1. The lowest BCUT2D eigenvalue weighted by Gasteiger charge is -2.19. The maximum absolute atomic E-state index is 4.59. The predicted molar refractivity (Wildman–Crippen MR) is 71.5 cm³/mol. The van der Waals surface area contributed by atoms with Gasteiger partial charge in [-0.3, -0.25) is 4.99 Å². The minimum atomic E-state index is 0.758. The van der Waals surface area contributed by atoms with Crippen molar-refractivity contribution in [1.82, 2.24) is 0 Å². The van der Waals surface area contributed by atoms with Crippen LogP contribution in [-0.2, 0) is 6.54 Å². The summed E-state index contributed by atoms with van der Waals surface area (Å²) >= 11 is 0. The Morgan fingerprint density at radius 3 is 2.71 bits per heavy atom. The van der Waals surface area contributed by atoms with Gasteiger partial charge in [0, 0.05) is 11.3 Å². The molecule has 0 unspecified atom stereocenters. The zero-order valence-corrected chi connectivity index (χ0v) is 9.77. The van der Waals surface area contributed by atoms with Crippen LogP contribution in [0.15, 0.2) is 53.5 Å². The SMILES string of the molecule is Cc1ccc2c(c1)CN=C(c1ccccc1)N2. The molecular weight excluding hydrogens is 208 g/mol. The molecule has 0 spiro atoms. The Morgan fingerprint density at radius 2 is 1.88 bits per heavy atom. The number of benzene rings is 2. The molecule has 2 aromatic rings. The van der Waals surface area contributed by atoms with E-state index in [1.165, 1.54) is 16.8 Å². The first kappa shape index (κ1) is 10.1. The van der Waals surface area contributed by atoms with Crippen molar-refractivity contribution < 1.29 is 0 Å². The second-order valence-electron chi connectivity index (χ2n) is 4.32. The summed E-state index contributed by atoms with van der Waals surface area (Å²) in [6, 6.07) is 16.7. The van der Waals surface area contributed by atoms with Gasteiger partial charge in [-0.15, -0.1) is 0 Å². The second-order valence-corrected chi connectivity index (χ2v) is 4.32. The van der Waals surface area contributed by atoms with Gasteiger partial charge in [-0.1, -0.05) is 48.0 Å². The fourth-order valence-corrected chi connectivity index (χ4v) is 2.07. The molecule has 0 saturated heterocycles. The number of rotatable bonds is 1. The number of amidine groups is 1. The maximum Gasteiger partial charge on any atom is 0.133 e. The van der Waals surface area contributed by atoms with Gasteiger partial charge < -0.3 is 5.32 Å². The third-order valence-corrected chi connectivity index (χ3v) is 2.97. The summed E-state index contributed by atoms with van der Waals surface area (Å²) in [5.74, 6) is 0.960. The summed E-state index contributed by atoms with van der Waals surface area (Å²) in [6.45, 7) is 2.87. The van der Waals surface area contributed by atoms with Crippen LogP contribution in [0.5, 0.6) is 0 Å². The van der Waals surface area contributed by atoms with Gasteiger partial charge >= 0.3 is 0 Å². The third-order valence-electron chi connectivity index (χ3n) is 2.97. The highest BCUT2D eigenvalue weighted by Crippen LogP contribution is 2.23. The molecule has 0 bridgehead atoms. The van der Waals surface area contributed by atoms with Crippen LogP contribution in [0.25, 0.3) is 0 Å². The van der Waals surface area contributed by atoms with Gasteiger partial charge in [0.2, 0.25) is 0 Å². The Labute approximate surface area is 101 Å². The van der Waals surface area contributed by atoms with Gasteiger partial charge in [-0.05, 0) is 18.6 Å². The molecule has 84 valence electrons. The molecule has 0 aromatic heterocycles. The fraction of sp³-hybridized carbons (Fsp3) is 0.133. The number of aryl methyl sites for hydroxylation is 1. The zero-order chi connectivity index (χ0) is 11.7. The van der Waals surface area contributed by atoms with Crippen LogP contribution >= 0.6 is 0 Å². The minimum absolute atomic E-state index is 0.758. The summed E-state index contributed by atoms with van der Waals surface area (Å²) in [6.07, 6.45) is 0. The molecule has 1 aliphatic heterocycles. The summed E-state index contributed by atoms with van der Waals surface area (Å²) in [5.41, 5.74) is 4.86. The molecule has 0 saturated carbocycles. The van der Waals surface area contributed by atoms with E-state index in [0.717, 1.165) is 17.9 Å². The fourth-order valence-electron chi connectivity index (χ4n) is 2.07. The van der Waals surface area contributed by atoms with E-state index in [9.17, 15) is 0 Å². The number of nitrogens with zero attached hydrogens (tertiary/aromatic N) is 1. The number of anilines is 1. The van der Waals surface area contributed by atoms with E-state index in [0.29, 0.717) is 0 Å². The number of fused-ring (bicyclic) bond motifs is 1. The van der Waals surface area contributed by atoms with Crippen molar-refractivity contribution in [2.75, 3.05) is 5.32 Å². The number of aliphatic imine (C=N–C) groups is 1. The first-order valence-electron chi connectivity index (χ1n) is 5.79. The second kappa shape index (κ2) is 4.06. The van der Waals surface area contributed by atoms with Crippen molar-refractivity contribution in [3.63, 3.8) is 0 Å². The normalized spacial score (nSPS) is 13.6. The van der Waals surface area contributed by atoms with Crippen molar-refractivity contribution in [2.45, 2.75) is 13.5 Å². The number of hydrogen-bond donors (Lipinski definition) is 1. The Hall–Kier alpha value is -2.09. The third kappa shape index (κ3) is 1.94. The summed E-state index contributed by atoms with van der Waals surface area (Å²) in [7, 11) is 0. The molecule has 0 atom stereocenters. The van der Waals surface area contributed by atoms with Crippen LogP contribution < -0.4 is 5.32 Å². The van der Waals surface area contributed by atoms with Crippen molar-refractivity contribution in [2.24, 2.45) is 4.99 Å². The summed E-state index contributed by atoms with van der Waals surface area (Å²) < 4.78 is 0. The van der Waals surface area contributed by atoms with Crippen LogP contribution in [0.3, 0.4) is 0 Å². The molecule has 2 aromatic carbocycles. The van der Waals surface area contributed by atoms with Gasteiger partial charge in [-0.2, -0.15) is 0 Å². The Balaban J connectivity index is 1.95. The molecule has 0 radical (unpaired) electrons. The largest absolute Gasteiger partial charge is 0.340 e. The van der Waals surface area contributed by atoms with E-state index in [4.69, 9.17) is 0 Å². The molecule has 3 rings (SSSR count). The van der Waals surface area contributed by atoms with E-state index in [1.807, 2.05) is 18.2 Å². The molecule has 1 aliphatic rings. The first-order chi connectivity index (χ1) is 8.33. The van der Waals surface area contributed by atoms with Crippen molar-refractivity contribution in [1.29, 1.82) is 0 Å².